The predicted molar refractivity (Wildman–Crippen MR) is 82.1 cm³/mol. The van der Waals surface area contributed by atoms with Crippen molar-refractivity contribution in [1.82, 2.24) is 9.97 Å². The van der Waals surface area contributed by atoms with Crippen LogP contribution in [-0.2, 0) is 6.54 Å². The van der Waals surface area contributed by atoms with E-state index in [4.69, 9.17) is 17.3 Å². The van der Waals surface area contributed by atoms with Gasteiger partial charge in [-0.25, -0.2) is 4.98 Å². The lowest BCUT2D eigenvalue weighted by Gasteiger charge is -2.00. The molecule has 0 aliphatic heterocycles. The van der Waals surface area contributed by atoms with Gasteiger partial charge in [0.2, 0.25) is 0 Å². The van der Waals surface area contributed by atoms with Crippen LogP contribution < -0.4 is 5.73 Å². The molecule has 0 aliphatic rings. The van der Waals surface area contributed by atoms with E-state index in [1.165, 1.54) is 0 Å². The van der Waals surface area contributed by atoms with Crippen LogP contribution in [0.15, 0.2) is 40.9 Å². The van der Waals surface area contributed by atoms with Crippen LogP contribution >= 0.6 is 27.5 Å². The largest absolute Gasteiger partial charge is 0.338 e. The molecule has 3 nitrogen and oxygen atoms in total. The summed E-state index contributed by atoms with van der Waals surface area (Å²) >= 11 is 9.66. The Morgan fingerprint density at radius 2 is 2.05 bits per heavy atom. The zero-order valence-electron chi connectivity index (χ0n) is 9.95. The molecule has 2 aromatic carbocycles. The predicted octanol–water partition coefficient (Wildman–Crippen LogP) is 4.10. The molecule has 5 heteroatoms. The normalized spacial score (nSPS) is 11.1. The van der Waals surface area contributed by atoms with Gasteiger partial charge in [-0.05, 0) is 35.9 Å². The molecule has 0 radical (unpaired) electrons. The molecular weight excluding hydrogens is 326 g/mol. The lowest BCUT2D eigenvalue weighted by Crippen LogP contribution is -1.95. The van der Waals surface area contributed by atoms with Gasteiger partial charge in [0.15, 0.2) is 0 Å². The number of aromatic amines is 1. The summed E-state index contributed by atoms with van der Waals surface area (Å²) in [5, 5.41) is 0.668. The first-order valence-corrected chi connectivity index (χ1v) is 6.98. The van der Waals surface area contributed by atoms with E-state index in [1.807, 2.05) is 36.4 Å². The molecule has 1 heterocycles. The fourth-order valence-electron chi connectivity index (χ4n) is 1.99. The Kier molecular flexibility index (Phi) is 3.31. The van der Waals surface area contributed by atoms with E-state index in [0.717, 1.165) is 32.5 Å². The molecule has 96 valence electrons. The number of hydrogen-bond donors (Lipinski definition) is 2. The van der Waals surface area contributed by atoms with Gasteiger partial charge in [0.1, 0.15) is 5.82 Å². The number of hydrogen-bond acceptors (Lipinski definition) is 2. The van der Waals surface area contributed by atoms with Gasteiger partial charge in [-0.1, -0.05) is 33.6 Å². The van der Waals surface area contributed by atoms with Crippen molar-refractivity contribution in [1.29, 1.82) is 0 Å². The maximum Gasteiger partial charge on any atom is 0.140 e. The third-order valence-corrected chi connectivity index (χ3v) is 3.79. The van der Waals surface area contributed by atoms with Crippen LogP contribution in [0.2, 0.25) is 5.02 Å². The van der Waals surface area contributed by atoms with Crippen molar-refractivity contribution in [2.45, 2.75) is 6.54 Å². The lowest BCUT2D eigenvalue weighted by atomic mass is 10.2. The Morgan fingerprint density at radius 1 is 1.21 bits per heavy atom. The molecule has 0 spiro atoms. The summed E-state index contributed by atoms with van der Waals surface area (Å²) < 4.78 is 0.968. The zero-order valence-corrected chi connectivity index (χ0v) is 12.3. The van der Waals surface area contributed by atoms with Gasteiger partial charge in [-0.3, -0.25) is 0 Å². The number of benzene rings is 2. The number of nitrogens with two attached hydrogens (primary N) is 1. The molecule has 0 saturated heterocycles. The van der Waals surface area contributed by atoms with Crippen LogP contribution in [0.1, 0.15) is 5.56 Å². The fraction of sp³-hybridized carbons (Fsp3) is 0.0714. The standard InChI is InChI=1S/C14H11BrClN3/c15-9-2-3-11(16)10(6-9)14-18-12-4-1-8(7-17)5-13(12)19-14/h1-6H,7,17H2,(H,18,19). The molecule has 0 unspecified atom stereocenters. The highest BCUT2D eigenvalue weighted by atomic mass is 79.9. The van der Waals surface area contributed by atoms with Crippen molar-refractivity contribution < 1.29 is 0 Å². The number of nitrogens with zero attached hydrogens (tertiary/aromatic N) is 1. The van der Waals surface area contributed by atoms with Gasteiger partial charge >= 0.3 is 0 Å². The summed E-state index contributed by atoms with van der Waals surface area (Å²) in [6, 6.07) is 11.7. The van der Waals surface area contributed by atoms with Crippen molar-refractivity contribution >= 4 is 38.6 Å². The summed E-state index contributed by atoms with van der Waals surface area (Å²) in [7, 11) is 0. The van der Waals surface area contributed by atoms with E-state index in [0.29, 0.717) is 11.6 Å². The highest BCUT2D eigenvalue weighted by Crippen LogP contribution is 2.30. The topological polar surface area (TPSA) is 54.7 Å². The van der Waals surface area contributed by atoms with E-state index in [9.17, 15) is 0 Å². The number of halogens is 2. The van der Waals surface area contributed by atoms with Gasteiger partial charge in [-0.2, -0.15) is 0 Å². The Bertz CT molecular complexity index is 752. The molecule has 1 aromatic heterocycles. The van der Waals surface area contributed by atoms with Gasteiger partial charge < -0.3 is 10.7 Å². The fourth-order valence-corrected chi connectivity index (χ4v) is 2.56. The van der Waals surface area contributed by atoms with Crippen molar-refractivity contribution in [3.63, 3.8) is 0 Å². The number of fused-ring (bicyclic) bond motifs is 1. The maximum atomic E-state index is 6.22. The number of aromatic nitrogens is 2. The Balaban J connectivity index is 2.17. The summed E-state index contributed by atoms with van der Waals surface area (Å²) in [4.78, 5) is 7.84. The molecule has 0 atom stereocenters. The molecule has 3 N–H and O–H groups in total. The van der Waals surface area contributed by atoms with Crippen LogP contribution in [0.25, 0.3) is 22.4 Å². The Morgan fingerprint density at radius 3 is 2.84 bits per heavy atom. The second-order valence-corrected chi connectivity index (χ2v) is 5.59. The SMILES string of the molecule is NCc1ccc2nc(-c3cc(Br)ccc3Cl)[nH]c2c1. The van der Waals surface area contributed by atoms with Crippen molar-refractivity contribution in [2.24, 2.45) is 5.73 Å². The molecule has 3 rings (SSSR count). The molecule has 0 fully saturated rings. The minimum absolute atomic E-state index is 0.516. The minimum atomic E-state index is 0.516. The first kappa shape index (κ1) is 12.7. The highest BCUT2D eigenvalue weighted by molar-refractivity contribution is 9.10. The Labute approximate surface area is 123 Å². The first-order chi connectivity index (χ1) is 9.17. The van der Waals surface area contributed by atoms with Crippen LogP contribution in [0.4, 0.5) is 0 Å². The average molecular weight is 337 g/mol. The van der Waals surface area contributed by atoms with Gasteiger partial charge in [-0.15, -0.1) is 0 Å². The van der Waals surface area contributed by atoms with E-state index < -0.39 is 0 Å². The molecule has 0 bridgehead atoms. The van der Waals surface area contributed by atoms with Gasteiger partial charge in [0, 0.05) is 16.6 Å². The van der Waals surface area contributed by atoms with Crippen LogP contribution in [0.3, 0.4) is 0 Å². The first-order valence-electron chi connectivity index (χ1n) is 5.81. The van der Waals surface area contributed by atoms with E-state index in [1.54, 1.807) is 0 Å². The van der Waals surface area contributed by atoms with Gasteiger partial charge in [0.25, 0.3) is 0 Å². The van der Waals surface area contributed by atoms with Crippen molar-refractivity contribution in [3.05, 3.63) is 51.5 Å². The minimum Gasteiger partial charge on any atom is -0.338 e. The smallest absolute Gasteiger partial charge is 0.140 e. The van der Waals surface area contributed by atoms with E-state index in [-0.39, 0.29) is 0 Å². The lowest BCUT2D eigenvalue weighted by molar-refractivity contribution is 1.07. The molecular formula is C14H11BrClN3. The molecule has 3 aromatic rings. The number of imidazole rings is 1. The van der Waals surface area contributed by atoms with Crippen LogP contribution in [0, 0.1) is 0 Å². The average Bonchev–Trinajstić information content (AvgIpc) is 2.83. The summed E-state index contributed by atoms with van der Waals surface area (Å²) in [6.45, 7) is 0.516. The quantitative estimate of drug-likeness (QED) is 0.740. The highest BCUT2D eigenvalue weighted by Gasteiger charge is 2.09. The third kappa shape index (κ3) is 2.39. The third-order valence-electron chi connectivity index (χ3n) is 2.97. The molecule has 0 amide bonds. The molecule has 0 aliphatic carbocycles. The summed E-state index contributed by atoms with van der Waals surface area (Å²) in [5.41, 5.74) is 9.46. The molecule has 0 saturated carbocycles. The molecule has 19 heavy (non-hydrogen) atoms. The second kappa shape index (κ2) is 4.96. The monoisotopic (exact) mass is 335 g/mol. The van der Waals surface area contributed by atoms with Crippen LogP contribution in [0.5, 0.6) is 0 Å². The van der Waals surface area contributed by atoms with Gasteiger partial charge in [0.05, 0.1) is 16.1 Å². The summed E-state index contributed by atoms with van der Waals surface area (Å²) in [5.74, 6) is 0.760. The van der Waals surface area contributed by atoms with Crippen LogP contribution in [-0.4, -0.2) is 9.97 Å². The zero-order chi connectivity index (χ0) is 13.4. The van der Waals surface area contributed by atoms with Crippen molar-refractivity contribution in [2.75, 3.05) is 0 Å². The second-order valence-electron chi connectivity index (χ2n) is 4.27. The van der Waals surface area contributed by atoms with E-state index >= 15 is 0 Å². The number of rotatable bonds is 2. The number of H-pyrrole nitrogens is 1. The van der Waals surface area contributed by atoms with E-state index in [2.05, 4.69) is 25.9 Å². The maximum absolute atomic E-state index is 6.22. The summed E-state index contributed by atoms with van der Waals surface area (Å²) in [6.07, 6.45) is 0. The Hall–Kier alpha value is -1.36. The number of nitrogens with one attached hydrogen (secondary N) is 1. The van der Waals surface area contributed by atoms with Crippen molar-refractivity contribution in [3.8, 4) is 11.4 Å².